The van der Waals surface area contributed by atoms with Crippen molar-refractivity contribution in [3.63, 3.8) is 0 Å². The van der Waals surface area contributed by atoms with Crippen LogP contribution in [-0.4, -0.2) is 16.0 Å². The highest BCUT2D eigenvalue weighted by Crippen LogP contribution is 2.24. The second-order valence-corrected chi connectivity index (χ2v) is 5.97. The van der Waals surface area contributed by atoms with E-state index in [1.54, 1.807) is 18.6 Å². The molecule has 0 atom stereocenters. The minimum atomic E-state index is -0.269. The van der Waals surface area contributed by atoms with Crippen LogP contribution < -0.4 is 10.6 Å². The van der Waals surface area contributed by atoms with E-state index in [0.717, 1.165) is 16.9 Å². The Morgan fingerprint density at radius 2 is 1.96 bits per heavy atom. The van der Waals surface area contributed by atoms with Crippen LogP contribution in [0.25, 0.3) is 11.5 Å². The van der Waals surface area contributed by atoms with Gasteiger partial charge in [-0.25, -0.2) is 9.78 Å². The summed E-state index contributed by atoms with van der Waals surface area (Å²) in [4.78, 5) is 20.2. The van der Waals surface area contributed by atoms with Crippen molar-refractivity contribution in [2.45, 2.75) is 26.3 Å². The van der Waals surface area contributed by atoms with Crippen molar-refractivity contribution < 1.29 is 9.21 Å². The molecule has 0 saturated carbocycles. The molecule has 0 bridgehead atoms. The summed E-state index contributed by atoms with van der Waals surface area (Å²) in [7, 11) is 0. The normalized spacial score (nSPS) is 10.7. The van der Waals surface area contributed by atoms with Crippen molar-refractivity contribution in [1.29, 1.82) is 0 Å². The molecule has 6 nitrogen and oxygen atoms in total. The Hall–Kier alpha value is -3.15. The fraction of sp³-hybridized carbons (Fsp3) is 0.211. The van der Waals surface area contributed by atoms with Crippen LogP contribution in [-0.2, 0) is 6.54 Å². The first-order chi connectivity index (χ1) is 12.1. The molecule has 0 radical (unpaired) electrons. The zero-order chi connectivity index (χ0) is 17.6. The number of hydrogen-bond acceptors (Lipinski definition) is 4. The number of nitrogens with one attached hydrogen (secondary N) is 2. The van der Waals surface area contributed by atoms with Crippen LogP contribution in [0.1, 0.15) is 31.1 Å². The van der Waals surface area contributed by atoms with Crippen molar-refractivity contribution in [2.24, 2.45) is 0 Å². The largest absolute Gasteiger partial charge is 0.441 e. The number of hydrogen-bond donors (Lipinski definition) is 2. The lowest BCUT2D eigenvalue weighted by atomic mass is 10.2. The Morgan fingerprint density at radius 3 is 2.60 bits per heavy atom. The molecule has 0 aliphatic rings. The zero-order valence-corrected chi connectivity index (χ0v) is 14.2. The molecule has 0 saturated heterocycles. The van der Waals surface area contributed by atoms with Crippen LogP contribution in [0.2, 0.25) is 0 Å². The minimum absolute atomic E-state index is 0.269. The van der Waals surface area contributed by atoms with Gasteiger partial charge < -0.3 is 15.1 Å². The Morgan fingerprint density at radius 1 is 1.16 bits per heavy atom. The van der Waals surface area contributed by atoms with E-state index >= 15 is 0 Å². The van der Waals surface area contributed by atoms with Crippen molar-refractivity contribution in [1.82, 2.24) is 15.3 Å². The molecule has 2 heterocycles. The van der Waals surface area contributed by atoms with Crippen LogP contribution in [0.5, 0.6) is 0 Å². The summed E-state index contributed by atoms with van der Waals surface area (Å²) in [6.45, 7) is 4.54. The lowest BCUT2D eigenvalue weighted by Gasteiger charge is -2.08. The van der Waals surface area contributed by atoms with Crippen LogP contribution in [0.4, 0.5) is 10.5 Å². The molecular weight excluding hydrogens is 316 g/mol. The second kappa shape index (κ2) is 7.61. The molecule has 2 aromatic heterocycles. The van der Waals surface area contributed by atoms with Crippen LogP contribution in [0.15, 0.2) is 59.4 Å². The molecule has 0 unspecified atom stereocenters. The quantitative estimate of drug-likeness (QED) is 0.732. The van der Waals surface area contributed by atoms with Gasteiger partial charge in [0.2, 0.25) is 5.89 Å². The molecule has 0 fully saturated rings. The summed E-state index contributed by atoms with van der Waals surface area (Å²) in [6.07, 6.45) is 5.16. The smallest absolute Gasteiger partial charge is 0.319 e. The van der Waals surface area contributed by atoms with Gasteiger partial charge in [0, 0.05) is 36.1 Å². The van der Waals surface area contributed by atoms with Gasteiger partial charge in [0.25, 0.3) is 0 Å². The average molecular weight is 336 g/mol. The summed E-state index contributed by atoms with van der Waals surface area (Å²) in [5.41, 5.74) is 2.51. The van der Waals surface area contributed by atoms with Gasteiger partial charge in [0.05, 0.1) is 6.20 Å². The predicted molar refractivity (Wildman–Crippen MR) is 96.1 cm³/mol. The number of carbonyl (C=O) groups excluding carboxylic acids is 1. The van der Waals surface area contributed by atoms with Crippen molar-refractivity contribution in [2.75, 3.05) is 5.32 Å². The van der Waals surface area contributed by atoms with Gasteiger partial charge >= 0.3 is 6.03 Å². The third kappa shape index (κ3) is 4.44. The van der Waals surface area contributed by atoms with Crippen molar-refractivity contribution in [3.05, 3.63) is 66.3 Å². The van der Waals surface area contributed by atoms with Gasteiger partial charge in [0.15, 0.2) is 0 Å². The fourth-order valence-corrected chi connectivity index (χ4v) is 2.24. The van der Waals surface area contributed by atoms with E-state index in [9.17, 15) is 4.79 Å². The van der Waals surface area contributed by atoms with Crippen LogP contribution in [0, 0.1) is 0 Å². The molecule has 1 aromatic carbocycles. The molecule has 6 heteroatoms. The Balaban J connectivity index is 1.57. The number of anilines is 1. The number of benzene rings is 1. The number of carbonyl (C=O) groups is 1. The second-order valence-electron chi connectivity index (χ2n) is 5.97. The summed E-state index contributed by atoms with van der Waals surface area (Å²) in [5.74, 6) is 1.73. The van der Waals surface area contributed by atoms with Gasteiger partial charge in [-0.2, -0.15) is 0 Å². The fourth-order valence-electron chi connectivity index (χ4n) is 2.24. The maximum absolute atomic E-state index is 11.9. The van der Waals surface area contributed by atoms with Crippen LogP contribution in [0.3, 0.4) is 0 Å². The summed E-state index contributed by atoms with van der Waals surface area (Å²) >= 11 is 0. The first-order valence-electron chi connectivity index (χ1n) is 8.12. The van der Waals surface area contributed by atoms with Crippen molar-refractivity contribution >= 4 is 11.7 Å². The lowest BCUT2D eigenvalue weighted by molar-refractivity contribution is 0.251. The van der Waals surface area contributed by atoms with E-state index in [1.807, 2.05) is 36.4 Å². The standard InChI is InChI=1S/C19H20N4O2/c1-13(2)17-12-21-18(25-17)15-5-7-16(8-6-15)23-19(24)22-11-14-4-3-9-20-10-14/h3-10,12-13H,11H2,1-2H3,(H2,22,23,24). The van der Waals surface area contributed by atoms with Gasteiger partial charge in [-0.3, -0.25) is 4.98 Å². The number of oxazole rings is 1. The first-order valence-corrected chi connectivity index (χ1v) is 8.12. The van der Waals surface area contributed by atoms with Gasteiger partial charge in [-0.05, 0) is 35.9 Å². The molecule has 2 N–H and O–H groups in total. The zero-order valence-electron chi connectivity index (χ0n) is 14.2. The monoisotopic (exact) mass is 336 g/mol. The van der Waals surface area contributed by atoms with Crippen molar-refractivity contribution in [3.8, 4) is 11.5 Å². The molecule has 128 valence electrons. The lowest BCUT2D eigenvalue weighted by Crippen LogP contribution is -2.28. The van der Waals surface area contributed by atoms with Gasteiger partial charge in [-0.15, -0.1) is 0 Å². The maximum atomic E-state index is 11.9. The maximum Gasteiger partial charge on any atom is 0.319 e. The molecule has 25 heavy (non-hydrogen) atoms. The number of rotatable bonds is 5. The van der Waals surface area contributed by atoms with Crippen LogP contribution >= 0.6 is 0 Å². The molecule has 3 aromatic rings. The number of nitrogens with zero attached hydrogens (tertiary/aromatic N) is 2. The predicted octanol–water partition coefficient (Wildman–Crippen LogP) is 4.18. The summed E-state index contributed by atoms with van der Waals surface area (Å²) in [5, 5.41) is 5.58. The average Bonchev–Trinajstić information content (AvgIpc) is 3.12. The highest BCUT2D eigenvalue weighted by molar-refractivity contribution is 5.89. The number of pyridine rings is 1. The highest BCUT2D eigenvalue weighted by Gasteiger charge is 2.09. The molecule has 2 amide bonds. The number of urea groups is 1. The Bertz CT molecular complexity index is 826. The SMILES string of the molecule is CC(C)c1cnc(-c2ccc(NC(=O)NCc3cccnc3)cc2)o1. The molecule has 0 aliphatic heterocycles. The Kier molecular flexibility index (Phi) is 5.09. The third-order valence-electron chi connectivity index (χ3n) is 3.66. The summed E-state index contributed by atoms with van der Waals surface area (Å²) < 4.78 is 5.72. The molecule has 3 rings (SSSR count). The Labute approximate surface area is 146 Å². The highest BCUT2D eigenvalue weighted by atomic mass is 16.4. The third-order valence-corrected chi connectivity index (χ3v) is 3.66. The minimum Gasteiger partial charge on any atom is -0.441 e. The van der Waals surface area contributed by atoms with Gasteiger partial charge in [0.1, 0.15) is 5.76 Å². The van der Waals surface area contributed by atoms with E-state index in [2.05, 4.69) is 34.4 Å². The molecular formula is C19H20N4O2. The van der Waals surface area contributed by atoms with E-state index in [1.165, 1.54) is 0 Å². The van der Waals surface area contributed by atoms with E-state index < -0.39 is 0 Å². The number of aromatic nitrogens is 2. The topological polar surface area (TPSA) is 80.0 Å². The molecule has 0 spiro atoms. The first kappa shape index (κ1) is 16.7. The number of amides is 2. The van der Waals surface area contributed by atoms with E-state index in [0.29, 0.717) is 24.0 Å². The molecule has 0 aliphatic carbocycles. The summed E-state index contributed by atoms with van der Waals surface area (Å²) in [6, 6.07) is 10.8. The van der Waals surface area contributed by atoms with E-state index in [-0.39, 0.29) is 6.03 Å². The van der Waals surface area contributed by atoms with E-state index in [4.69, 9.17) is 4.42 Å². The van der Waals surface area contributed by atoms with Gasteiger partial charge in [-0.1, -0.05) is 19.9 Å².